The Balaban J connectivity index is 1.72. The van der Waals surface area contributed by atoms with Crippen molar-refractivity contribution in [3.8, 4) is 5.75 Å². The number of nitrogen functional groups attached to an aromatic ring is 1. The number of nitrogens with one attached hydrogen (secondary N) is 2. The predicted octanol–water partition coefficient (Wildman–Crippen LogP) is 2.44. The average Bonchev–Trinajstić information content (AvgIpc) is 2.75. The van der Waals surface area contributed by atoms with E-state index in [9.17, 15) is 9.59 Å². The number of carbonyl (C=O) groups excluding carboxylic acids is 1. The van der Waals surface area contributed by atoms with Gasteiger partial charge in [0.05, 0.1) is 18.7 Å². The number of quaternary nitrogens is 1. The van der Waals surface area contributed by atoms with E-state index in [0.717, 1.165) is 0 Å². The van der Waals surface area contributed by atoms with Crippen LogP contribution in [0.3, 0.4) is 0 Å². The Kier molecular flexibility index (Phi) is 6.68. The van der Waals surface area contributed by atoms with E-state index >= 15 is 0 Å². The molecule has 158 valence electrons. The molecule has 1 aliphatic heterocycles. The molecule has 2 aromatic rings. The Morgan fingerprint density at radius 1 is 1.10 bits per heavy atom. The molecule has 0 unspecified atom stereocenters. The van der Waals surface area contributed by atoms with E-state index in [-0.39, 0.29) is 22.3 Å². The number of carbonyl (C=O) groups is 2. The van der Waals surface area contributed by atoms with E-state index in [1.807, 2.05) is 18.2 Å². The third-order valence-corrected chi connectivity index (χ3v) is 5.52. The number of hydrogen-bond donors (Lipinski definition) is 4. The molecular formula is C22H27N4O4+. The Morgan fingerprint density at radius 3 is 2.40 bits per heavy atom. The Morgan fingerprint density at radius 2 is 1.77 bits per heavy atom. The van der Waals surface area contributed by atoms with Gasteiger partial charge in [0, 0.05) is 24.4 Å². The SMILES string of the molecule is N=C(N)c1cccc(OCC[N+]2(C(=O)c3ccccc3)CCC(NC(=O)O)CC2)c1. The van der Waals surface area contributed by atoms with Gasteiger partial charge in [-0.1, -0.05) is 30.3 Å². The van der Waals surface area contributed by atoms with E-state index in [1.54, 1.807) is 36.4 Å². The number of piperidine rings is 1. The number of ether oxygens (including phenoxy) is 1. The first kappa shape index (κ1) is 21.3. The van der Waals surface area contributed by atoms with Crippen molar-refractivity contribution in [1.29, 1.82) is 5.41 Å². The first-order valence-electron chi connectivity index (χ1n) is 9.92. The van der Waals surface area contributed by atoms with Crippen LogP contribution in [-0.4, -0.2) is 59.7 Å². The fourth-order valence-electron chi connectivity index (χ4n) is 3.86. The lowest BCUT2D eigenvalue weighted by molar-refractivity contribution is -0.854. The van der Waals surface area contributed by atoms with Gasteiger partial charge >= 0.3 is 12.0 Å². The third kappa shape index (κ3) is 5.15. The topological polar surface area (TPSA) is 126 Å². The molecule has 0 spiro atoms. The van der Waals surface area contributed by atoms with Gasteiger partial charge in [-0.25, -0.2) is 9.59 Å². The molecule has 0 atom stereocenters. The lowest BCUT2D eigenvalue weighted by Gasteiger charge is -2.41. The molecule has 1 aliphatic rings. The molecule has 30 heavy (non-hydrogen) atoms. The largest absolute Gasteiger partial charge is 0.488 e. The summed E-state index contributed by atoms with van der Waals surface area (Å²) in [5.74, 6) is 0.581. The molecule has 8 heteroatoms. The van der Waals surface area contributed by atoms with Crippen molar-refractivity contribution >= 4 is 17.8 Å². The number of nitrogens with zero attached hydrogens (tertiary/aromatic N) is 1. The summed E-state index contributed by atoms with van der Waals surface area (Å²) in [6, 6.07) is 16.0. The van der Waals surface area contributed by atoms with Gasteiger partial charge in [-0.05, 0) is 24.3 Å². The summed E-state index contributed by atoms with van der Waals surface area (Å²) in [7, 11) is 0. The van der Waals surface area contributed by atoms with Gasteiger partial charge in [0.1, 0.15) is 24.7 Å². The average molecular weight is 411 g/mol. The molecule has 2 aromatic carbocycles. The number of nitrogens with two attached hydrogens (primary N) is 1. The summed E-state index contributed by atoms with van der Waals surface area (Å²) in [4.78, 5) is 24.3. The number of benzene rings is 2. The molecule has 0 radical (unpaired) electrons. The zero-order chi connectivity index (χ0) is 21.6. The van der Waals surface area contributed by atoms with Crippen molar-refractivity contribution in [3.05, 3.63) is 65.7 Å². The van der Waals surface area contributed by atoms with Crippen LogP contribution in [0.1, 0.15) is 28.8 Å². The van der Waals surface area contributed by atoms with Crippen molar-refractivity contribution in [2.75, 3.05) is 26.2 Å². The molecule has 3 rings (SSSR count). The van der Waals surface area contributed by atoms with E-state index in [0.29, 0.717) is 56.0 Å². The van der Waals surface area contributed by atoms with Crippen LogP contribution in [-0.2, 0) is 0 Å². The molecule has 0 aliphatic carbocycles. The summed E-state index contributed by atoms with van der Waals surface area (Å²) in [6.07, 6.45) is 0.137. The number of likely N-dealkylation sites (tertiary alicyclic amines) is 1. The normalized spacial score (nSPS) is 20.9. The van der Waals surface area contributed by atoms with Crippen molar-refractivity contribution in [3.63, 3.8) is 0 Å². The minimum Gasteiger partial charge on any atom is -0.488 e. The van der Waals surface area contributed by atoms with Gasteiger partial charge in [0.15, 0.2) is 0 Å². The number of amidine groups is 1. The number of amides is 2. The van der Waals surface area contributed by atoms with E-state index in [2.05, 4.69) is 5.32 Å². The highest BCUT2D eigenvalue weighted by Crippen LogP contribution is 2.24. The molecular weight excluding hydrogens is 384 g/mol. The van der Waals surface area contributed by atoms with E-state index < -0.39 is 6.09 Å². The number of hydrogen-bond acceptors (Lipinski definition) is 4. The summed E-state index contributed by atoms with van der Waals surface area (Å²) < 4.78 is 6.09. The van der Waals surface area contributed by atoms with Crippen LogP contribution >= 0.6 is 0 Å². The minimum atomic E-state index is -1.04. The maximum Gasteiger partial charge on any atom is 0.404 e. The van der Waals surface area contributed by atoms with Crippen LogP contribution in [0.4, 0.5) is 4.79 Å². The highest BCUT2D eigenvalue weighted by molar-refractivity contribution is 5.95. The summed E-state index contributed by atoms with van der Waals surface area (Å²) in [6.45, 7) is 1.86. The quantitative estimate of drug-likeness (QED) is 0.316. The van der Waals surface area contributed by atoms with Crippen molar-refractivity contribution < 1.29 is 23.9 Å². The molecule has 1 heterocycles. The minimum absolute atomic E-state index is 0.0189. The first-order valence-corrected chi connectivity index (χ1v) is 9.92. The van der Waals surface area contributed by atoms with E-state index in [4.69, 9.17) is 21.0 Å². The van der Waals surface area contributed by atoms with Crippen molar-refractivity contribution in [2.45, 2.75) is 18.9 Å². The highest BCUT2D eigenvalue weighted by Gasteiger charge is 2.41. The van der Waals surface area contributed by atoms with Crippen LogP contribution in [0.15, 0.2) is 54.6 Å². The summed E-state index contributed by atoms with van der Waals surface area (Å²) >= 11 is 0. The van der Waals surface area contributed by atoms with Gasteiger partial charge in [0.25, 0.3) is 0 Å². The molecule has 8 nitrogen and oxygen atoms in total. The standard InChI is InChI=1S/C22H26N4O4/c23-20(24)17-7-4-8-19(15-17)30-14-13-26(21(27)16-5-2-1-3-6-16)11-9-18(10-12-26)25-22(28)29/h1-8,15,18,25H,9-14H2,(H3-,23,24,28,29)/p+1. The molecule has 0 saturated carbocycles. The Bertz CT molecular complexity index is 908. The molecule has 2 amide bonds. The Labute approximate surface area is 175 Å². The van der Waals surface area contributed by atoms with Crippen molar-refractivity contribution in [2.24, 2.45) is 5.73 Å². The first-order chi connectivity index (χ1) is 14.4. The second-order valence-corrected chi connectivity index (χ2v) is 7.50. The van der Waals surface area contributed by atoms with Crippen LogP contribution in [0, 0.1) is 5.41 Å². The number of rotatable bonds is 7. The van der Waals surface area contributed by atoms with Crippen molar-refractivity contribution in [1.82, 2.24) is 5.32 Å². The monoisotopic (exact) mass is 411 g/mol. The fourth-order valence-corrected chi connectivity index (χ4v) is 3.86. The van der Waals surface area contributed by atoms with Crippen LogP contribution in [0.5, 0.6) is 5.75 Å². The molecule has 1 fully saturated rings. The van der Waals surface area contributed by atoms with E-state index in [1.165, 1.54) is 0 Å². The van der Waals surface area contributed by atoms with Gasteiger partial charge < -0.3 is 20.9 Å². The van der Waals surface area contributed by atoms with Gasteiger partial charge in [0.2, 0.25) is 0 Å². The fraction of sp³-hybridized carbons (Fsp3) is 0.318. The van der Waals surface area contributed by atoms with Crippen LogP contribution < -0.4 is 15.8 Å². The maximum atomic E-state index is 13.4. The number of carboxylic acid groups (broad SMARTS) is 1. The lowest BCUT2D eigenvalue weighted by Crippen LogP contribution is -2.61. The van der Waals surface area contributed by atoms with Gasteiger partial charge in [-0.2, -0.15) is 0 Å². The summed E-state index contributed by atoms with van der Waals surface area (Å²) in [5.41, 5.74) is 6.75. The molecule has 1 saturated heterocycles. The third-order valence-electron chi connectivity index (χ3n) is 5.52. The van der Waals surface area contributed by atoms with Gasteiger partial charge in [-0.15, -0.1) is 0 Å². The van der Waals surface area contributed by atoms with Gasteiger partial charge in [-0.3, -0.25) is 9.89 Å². The molecule has 0 bridgehead atoms. The summed E-state index contributed by atoms with van der Waals surface area (Å²) in [5, 5.41) is 19.1. The highest BCUT2D eigenvalue weighted by atomic mass is 16.5. The van der Waals surface area contributed by atoms with Crippen LogP contribution in [0.25, 0.3) is 0 Å². The molecule has 5 N–H and O–H groups in total. The smallest absolute Gasteiger partial charge is 0.404 e. The zero-order valence-electron chi connectivity index (χ0n) is 16.7. The van der Waals surface area contributed by atoms with Crippen LogP contribution in [0.2, 0.25) is 0 Å². The maximum absolute atomic E-state index is 13.4. The predicted molar refractivity (Wildman–Crippen MR) is 113 cm³/mol. The molecule has 0 aromatic heterocycles. The lowest BCUT2D eigenvalue weighted by atomic mass is 10.00. The zero-order valence-corrected chi connectivity index (χ0v) is 16.7. The second-order valence-electron chi connectivity index (χ2n) is 7.50. The second kappa shape index (κ2) is 9.41. The Hall–Kier alpha value is -3.39.